The van der Waals surface area contributed by atoms with Gasteiger partial charge in [0.1, 0.15) is 4.92 Å². The molecular weight excluding hydrogens is 214 g/mol. The molecule has 0 amide bonds. The molecule has 82 valence electrons. The first kappa shape index (κ1) is 10.1. The highest BCUT2D eigenvalue weighted by atomic mass is 16.6. The SMILES string of the molecule is Cc1ccccc1-[n+]1[nH]oc(=O)c1[N+](=O)[O-]. The Hall–Kier alpha value is -2.44. The number of nitro groups is 1. The highest BCUT2D eigenvalue weighted by Crippen LogP contribution is 2.08. The lowest BCUT2D eigenvalue weighted by Gasteiger charge is -1.93. The van der Waals surface area contributed by atoms with Crippen molar-refractivity contribution < 1.29 is 14.1 Å². The van der Waals surface area contributed by atoms with Crippen LogP contribution >= 0.6 is 0 Å². The van der Waals surface area contributed by atoms with Crippen molar-refractivity contribution >= 4 is 5.82 Å². The monoisotopic (exact) mass is 222 g/mol. The van der Waals surface area contributed by atoms with Crippen molar-refractivity contribution in [3.05, 3.63) is 50.4 Å². The Morgan fingerprint density at radius 1 is 1.44 bits per heavy atom. The molecule has 0 aliphatic carbocycles. The van der Waals surface area contributed by atoms with Crippen LogP contribution in [0, 0.1) is 17.0 Å². The van der Waals surface area contributed by atoms with E-state index in [4.69, 9.17) is 0 Å². The van der Waals surface area contributed by atoms with Gasteiger partial charge in [-0.05, 0) is 12.2 Å². The van der Waals surface area contributed by atoms with Gasteiger partial charge in [-0.1, -0.05) is 18.2 Å². The molecule has 1 aromatic heterocycles. The number of benzene rings is 1. The fraction of sp³-hybridized carbons (Fsp3) is 0.111. The van der Waals surface area contributed by atoms with Gasteiger partial charge >= 0.3 is 11.4 Å². The van der Waals surface area contributed by atoms with Crippen LogP contribution in [0.1, 0.15) is 5.56 Å². The number of H-pyrrole nitrogens is 1. The molecule has 7 nitrogen and oxygen atoms in total. The summed E-state index contributed by atoms with van der Waals surface area (Å²) >= 11 is 0. The van der Waals surface area contributed by atoms with Gasteiger partial charge < -0.3 is 0 Å². The molecule has 0 aliphatic heterocycles. The zero-order chi connectivity index (χ0) is 11.7. The van der Waals surface area contributed by atoms with E-state index >= 15 is 0 Å². The van der Waals surface area contributed by atoms with E-state index in [0.717, 1.165) is 10.2 Å². The van der Waals surface area contributed by atoms with Gasteiger partial charge in [-0.2, -0.15) is 0 Å². The summed E-state index contributed by atoms with van der Waals surface area (Å²) < 4.78 is 5.42. The second kappa shape index (κ2) is 3.61. The van der Waals surface area contributed by atoms with Crippen LogP contribution in [0.15, 0.2) is 33.6 Å². The molecule has 1 aromatic carbocycles. The minimum absolute atomic E-state index is 0.500. The number of nitrogens with one attached hydrogen (secondary N) is 1. The normalized spacial score (nSPS) is 10.3. The summed E-state index contributed by atoms with van der Waals surface area (Å²) in [6.45, 7) is 1.78. The molecule has 7 heteroatoms. The standard InChI is InChI=1S/C9H7N3O4/c1-6-4-2-3-5-7(6)11-8(12(14)15)9(13)16-10-11/h2-5H,1H3/p+1. The van der Waals surface area contributed by atoms with Crippen LogP contribution in [-0.2, 0) is 0 Å². The maximum Gasteiger partial charge on any atom is 0.621 e. The van der Waals surface area contributed by atoms with E-state index in [9.17, 15) is 14.9 Å². The minimum atomic E-state index is -1.01. The first-order valence-electron chi connectivity index (χ1n) is 4.45. The highest BCUT2D eigenvalue weighted by Gasteiger charge is 2.35. The summed E-state index contributed by atoms with van der Waals surface area (Å²) in [5.74, 6) is -0.644. The maximum atomic E-state index is 11.1. The Morgan fingerprint density at radius 3 is 2.75 bits per heavy atom. The van der Waals surface area contributed by atoms with Gasteiger partial charge in [0.25, 0.3) is 0 Å². The van der Waals surface area contributed by atoms with Crippen molar-refractivity contribution in [2.24, 2.45) is 0 Å². The van der Waals surface area contributed by atoms with E-state index in [-0.39, 0.29) is 0 Å². The van der Waals surface area contributed by atoms with Crippen LogP contribution in [-0.4, -0.2) is 10.2 Å². The summed E-state index contributed by atoms with van der Waals surface area (Å²) in [5, 5.41) is 12.9. The average molecular weight is 222 g/mol. The van der Waals surface area contributed by atoms with E-state index in [0.29, 0.717) is 5.69 Å². The molecule has 16 heavy (non-hydrogen) atoms. The fourth-order valence-electron chi connectivity index (χ4n) is 1.40. The minimum Gasteiger partial charge on any atom is -0.277 e. The Labute approximate surface area is 89.0 Å². The predicted molar refractivity (Wildman–Crippen MR) is 52.3 cm³/mol. The third kappa shape index (κ3) is 1.48. The average Bonchev–Trinajstić information content (AvgIpc) is 2.61. The Balaban J connectivity index is 2.71. The van der Waals surface area contributed by atoms with E-state index in [1.807, 2.05) is 0 Å². The van der Waals surface area contributed by atoms with Gasteiger partial charge in [0.05, 0.1) is 0 Å². The Bertz CT molecular complexity index is 599. The second-order valence-corrected chi connectivity index (χ2v) is 3.18. The molecule has 0 aliphatic rings. The van der Waals surface area contributed by atoms with Crippen molar-refractivity contribution in [2.45, 2.75) is 6.92 Å². The quantitative estimate of drug-likeness (QED) is 0.453. The molecular formula is C9H8N3O4+. The molecule has 0 atom stereocenters. The van der Waals surface area contributed by atoms with Gasteiger partial charge in [0, 0.05) is 16.3 Å². The number of para-hydroxylation sites is 1. The third-order valence-electron chi connectivity index (χ3n) is 2.15. The lowest BCUT2D eigenvalue weighted by atomic mass is 10.2. The third-order valence-corrected chi connectivity index (χ3v) is 2.15. The van der Waals surface area contributed by atoms with Gasteiger partial charge in [0.15, 0.2) is 0 Å². The molecule has 1 N–H and O–H groups in total. The van der Waals surface area contributed by atoms with Gasteiger partial charge in [-0.15, -0.1) is 0 Å². The van der Waals surface area contributed by atoms with Crippen LogP contribution in [0.25, 0.3) is 5.69 Å². The van der Waals surface area contributed by atoms with Crippen molar-refractivity contribution in [3.63, 3.8) is 0 Å². The van der Waals surface area contributed by atoms with E-state index in [2.05, 4.69) is 9.79 Å². The van der Waals surface area contributed by atoms with Crippen LogP contribution in [0.3, 0.4) is 0 Å². The van der Waals surface area contributed by atoms with E-state index in [1.54, 1.807) is 31.2 Å². The zero-order valence-electron chi connectivity index (χ0n) is 8.34. The summed E-state index contributed by atoms with van der Waals surface area (Å²) in [7, 11) is 0. The molecule has 0 saturated carbocycles. The van der Waals surface area contributed by atoms with Crippen molar-refractivity contribution in [1.29, 1.82) is 0 Å². The summed E-state index contributed by atoms with van der Waals surface area (Å²) in [6, 6.07) is 6.93. The number of aromatic nitrogens is 2. The fourth-order valence-corrected chi connectivity index (χ4v) is 1.40. The van der Waals surface area contributed by atoms with Crippen LogP contribution in [0.4, 0.5) is 5.82 Å². The van der Waals surface area contributed by atoms with Crippen LogP contribution in [0.5, 0.6) is 0 Å². The number of nitrogens with zero attached hydrogens (tertiary/aromatic N) is 2. The molecule has 1 heterocycles. The first-order valence-corrected chi connectivity index (χ1v) is 4.45. The smallest absolute Gasteiger partial charge is 0.277 e. The van der Waals surface area contributed by atoms with Gasteiger partial charge in [-0.25, -0.2) is 4.79 Å². The van der Waals surface area contributed by atoms with E-state index in [1.165, 1.54) is 0 Å². The summed E-state index contributed by atoms with van der Waals surface area (Å²) in [5.41, 5.74) is 0.279. The van der Waals surface area contributed by atoms with Gasteiger partial charge in [-0.3, -0.25) is 14.6 Å². The molecule has 0 saturated heterocycles. The largest absolute Gasteiger partial charge is 0.621 e. The molecule has 0 spiro atoms. The number of aromatic amines is 1. The highest BCUT2D eigenvalue weighted by molar-refractivity contribution is 5.32. The molecule has 0 unspecified atom stereocenters. The summed E-state index contributed by atoms with van der Waals surface area (Å²) in [6.07, 6.45) is 0. The molecule has 0 bridgehead atoms. The number of hydrogen-bond acceptors (Lipinski definition) is 4. The maximum absolute atomic E-state index is 11.1. The molecule has 2 rings (SSSR count). The lowest BCUT2D eigenvalue weighted by molar-refractivity contribution is -0.712. The zero-order valence-corrected chi connectivity index (χ0v) is 8.34. The lowest BCUT2D eigenvalue weighted by Crippen LogP contribution is -2.37. The summed E-state index contributed by atoms with van der Waals surface area (Å²) in [4.78, 5) is 21.0. The van der Waals surface area contributed by atoms with Crippen LogP contribution in [0.2, 0.25) is 0 Å². The molecule has 0 radical (unpaired) electrons. The number of aryl methyl sites for hydroxylation is 1. The van der Waals surface area contributed by atoms with Crippen molar-refractivity contribution in [1.82, 2.24) is 5.27 Å². The molecule has 2 aromatic rings. The second-order valence-electron chi connectivity index (χ2n) is 3.18. The first-order chi connectivity index (χ1) is 7.61. The number of rotatable bonds is 2. The van der Waals surface area contributed by atoms with Crippen LogP contribution < -0.4 is 10.3 Å². The van der Waals surface area contributed by atoms with Crippen molar-refractivity contribution in [2.75, 3.05) is 0 Å². The predicted octanol–water partition coefficient (Wildman–Crippen LogP) is 0.461. The Morgan fingerprint density at radius 2 is 2.12 bits per heavy atom. The Kier molecular flexibility index (Phi) is 2.28. The van der Waals surface area contributed by atoms with Gasteiger partial charge in [0.2, 0.25) is 5.69 Å². The number of hydrogen-bond donors (Lipinski definition) is 1. The van der Waals surface area contributed by atoms with Crippen molar-refractivity contribution in [3.8, 4) is 5.69 Å². The topological polar surface area (TPSA) is 93.0 Å². The van der Waals surface area contributed by atoms with E-state index < -0.39 is 16.4 Å². The molecule has 0 fully saturated rings.